The fourth-order valence-corrected chi connectivity index (χ4v) is 2.86. The van der Waals surface area contributed by atoms with Gasteiger partial charge < -0.3 is 0 Å². The van der Waals surface area contributed by atoms with Gasteiger partial charge in [0.1, 0.15) is 5.69 Å². The molecule has 0 N–H and O–H groups in total. The van der Waals surface area contributed by atoms with Gasteiger partial charge in [0, 0.05) is 17.7 Å². The Balaban J connectivity index is 2.16. The molecule has 0 amide bonds. The van der Waals surface area contributed by atoms with Crippen LogP contribution in [0.5, 0.6) is 0 Å². The Morgan fingerprint density at radius 2 is 1.89 bits per heavy atom. The van der Waals surface area contributed by atoms with E-state index in [0.717, 1.165) is 23.4 Å². The van der Waals surface area contributed by atoms with Crippen LogP contribution in [0.25, 0.3) is 5.69 Å². The molecule has 1 unspecified atom stereocenters. The summed E-state index contributed by atoms with van der Waals surface area (Å²) in [6.07, 6.45) is 1.56. The van der Waals surface area contributed by atoms with Crippen LogP contribution in [-0.4, -0.2) is 15.6 Å². The highest BCUT2D eigenvalue weighted by atomic mass is 16.1. The van der Waals surface area contributed by atoms with Crippen LogP contribution in [0.3, 0.4) is 0 Å². The lowest BCUT2D eigenvalue weighted by Gasteiger charge is -2.16. The average molecular weight is 254 g/mol. The molecule has 3 rings (SSSR count). The van der Waals surface area contributed by atoms with Crippen LogP contribution in [0.15, 0.2) is 24.3 Å². The van der Waals surface area contributed by atoms with Crippen LogP contribution in [0.1, 0.15) is 53.0 Å². The first kappa shape index (κ1) is 12.2. The molecule has 3 nitrogen and oxygen atoms in total. The molecule has 0 fully saturated rings. The van der Waals surface area contributed by atoms with Crippen molar-refractivity contribution in [3.63, 3.8) is 0 Å². The highest BCUT2D eigenvalue weighted by Gasteiger charge is 2.29. The van der Waals surface area contributed by atoms with E-state index >= 15 is 0 Å². The number of fused-ring (bicyclic) bond motifs is 1. The Hall–Kier alpha value is -1.90. The van der Waals surface area contributed by atoms with Crippen molar-refractivity contribution in [3.8, 4) is 5.69 Å². The first-order chi connectivity index (χ1) is 9.08. The predicted molar refractivity (Wildman–Crippen MR) is 75.0 cm³/mol. The molecule has 98 valence electrons. The number of hydrogen-bond acceptors (Lipinski definition) is 2. The van der Waals surface area contributed by atoms with Crippen molar-refractivity contribution in [2.75, 3.05) is 0 Å². The number of carbonyl (C=O) groups excluding carboxylic acids is 1. The monoisotopic (exact) mass is 254 g/mol. The lowest BCUT2D eigenvalue weighted by Crippen LogP contribution is -2.13. The fraction of sp³-hybridized carbons (Fsp3) is 0.375. The predicted octanol–water partition coefficient (Wildman–Crippen LogP) is 3.57. The van der Waals surface area contributed by atoms with Gasteiger partial charge in [-0.2, -0.15) is 5.10 Å². The normalized spacial score (nSPS) is 18.5. The lowest BCUT2D eigenvalue weighted by atomic mass is 9.86. The van der Waals surface area contributed by atoms with E-state index in [1.807, 2.05) is 4.68 Å². The Morgan fingerprint density at radius 3 is 2.53 bits per heavy atom. The van der Waals surface area contributed by atoms with Crippen molar-refractivity contribution in [1.82, 2.24) is 9.78 Å². The average Bonchev–Trinajstić information content (AvgIpc) is 2.74. The van der Waals surface area contributed by atoms with Crippen LogP contribution in [0, 0.1) is 13.8 Å². The first-order valence-electron chi connectivity index (χ1n) is 6.77. The highest BCUT2D eigenvalue weighted by Crippen LogP contribution is 2.34. The summed E-state index contributed by atoms with van der Waals surface area (Å²) < 4.78 is 1.91. The summed E-state index contributed by atoms with van der Waals surface area (Å²) in [6, 6.07) is 8.24. The summed E-state index contributed by atoms with van der Waals surface area (Å²) in [5.74, 6) is 0.606. The van der Waals surface area contributed by atoms with Gasteiger partial charge in [-0.25, -0.2) is 4.68 Å². The molecule has 2 aromatic rings. The van der Waals surface area contributed by atoms with E-state index < -0.39 is 0 Å². The molecule has 1 aliphatic rings. The summed E-state index contributed by atoms with van der Waals surface area (Å²) in [6.45, 7) is 6.30. The van der Waals surface area contributed by atoms with Crippen molar-refractivity contribution in [2.45, 2.75) is 39.5 Å². The largest absolute Gasteiger partial charge is 0.292 e. The summed E-state index contributed by atoms with van der Waals surface area (Å²) in [5.41, 5.74) is 5.16. The first-order valence-corrected chi connectivity index (χ1v) is 6.77. The molecule has 1 aromatic carbocycles. The third-order valence-corrected chi connectivity index (χ3v) is 4.00. The Labute approximate surface area is 113 Å². The summed E-state index contributed by atoms with van der Waals surface area (Å²) in [4.78, 5) is 12.0. The maximum Gasteiger partial charge on any atom is 0.183 e. The van der Waals surface area contributed by atoms with Crippen LogP contribution in [-0.2, 0) is 0 Å². The second kappa shape index (κ2) is 4.34. The summed E-state index contributed by atoms with van der Waals surface area (Å²) in [7, 11) is 0. The number of nitrogens with zero attached hydrogens (tertiary/aromatic N) is 2. The molecule has 0 spiro atoms. The van der Waals surface area contributed by atoms with Gasteiger partial charge in [-0.15, -0.1) is 0 Å². The quantitative estimate of drug-likeness (QED) is 0.779. The molecule has 3 heteroatoms. The minimum atomic E-state index is 0.182. The van der Waals surface area contributed by atoms with Gasteiger partial charge in [0.25, 0.3) is 0 Å². The van der Waals surface area contributed by atoms with E-state index in [0.29, 0.717) is 18.0 Å². The number of aryl methyl sites for hydroxylation is 1. The molecule has 19 heavy (non-hydrogen) atoms. The minimum absolute atomic E-state index is 0.182. The van der Waals surface area contributed by atoms with E-state index in [4.69, 9.17) is 0 Å². The Morgan fingerprint density at radius 1 is 1.21 bits per heavy atom. The van der Waals surface area contributed by atoms with Crippen LogP contribution >= 0.6 is 0 Å². The summed E-state index contributed by atoms with van der Waals surface area (Å²) >= 11 is 0. The second-order valence-corrected chi connectivity index (χ2v) is 5.46. The number of carbonyl (C=O) groups is 1. The third-order valence-electron chi connectivity index (χ3n) is 4.00. The topological polar surface area (TPSA) is 34.9 Å². The van der Waals surface area contributed by atoms with Gasteiger partial charge in [-0.3, -0.25) is 4.79 Å². The van der Waals surface area contributed by atoms with Gasteiger partial charge in [-0.05, 0) is 38.3 Å². The number of hydrogen-bond donors (Lipinski definition) is 0. The fourth-order valence-electron chi connectivity index (χ4n) is 2.86. The van der Waals surface area contributed by atoms with Gasteiger partial charge in [0.05, 0.1) is 5.69 Å². The van der Waals surface area contributed by atoms with E-state index in [1.54, 1.807) is 0 Å². The molecule has 0 saturated heterocycles. The van der Waals surface area contributed by atoms with Crippen LogP contribution in [0.2, 0.25) is 0 Å². The number of benzene rings is 1. The molecule has 1 aromatic heterocycles. The molecule has 1 aliphatic carbocycles. The van der Waals surface area contributed by atoms with Gasteiger partial charge in [0.15, 0.2) is 5.78 Å². The molecular formula is C16H18N2O. The van der Waals surface area contributed by atoms with Gasteiger partial charge in [0.2, 0.25) is 0 Å². The number of aromatic nitrogens is 2. The molecule has 0 bridgehead atoms. The van der Waals surface area contributed by atoms with Gasteiger partial charge >= 0.3 is 0 Å². The number of Topliss-reactive ketones (excluding diaryl/α,β-unsaturated/α-hetero) is 1. The standard InChI is InChI=1S/C16H18N2O/c1-10-4-7-13(8-5-10)18-12(3)15-11(2)6-9-14(19)16(15)17-18/h4-5,7-8,11H,6,9H2,1-3H3. The van der Waals surface area contributed by atoms with Crippen molar-refractivity contribution in [2.24, 2.45) is 0 Å². The third kappa shape index (κ3) is 1.89. The van der Waals surface area contributed by atoms with Crippen LogP contribution in [0.4, 0.5) is 0 Å². The molecule has 0 saturated carbocycles. The smallest absolute Gasteiger partial charge is 0.183 e. The summed E-state index contributed by atoms with van der Waals surface area (Å²) in [5, 5.41) is 4.55. The molecular weight excluding hydrogens is 236 g/mol. The second-order valence-electron chi connectivity index (χ2n) is 5.46. The molecule has 1 atom stereocenters. The minimum Gasteiger partial charge on any atom is -0.292 e. The van der Waals surface area contributed by atoms with E-state index in [9.17, 15) is 4.79 Å². The maximum atomic E-state index is 12.0. The molecule has 0 radical (unpaired) electrons. The highest BCUT2D eigenvalue weighted by molar-refractivity contribution is 5.97. The lowest BCUT2D eigenvalue weighted by molar-refractivity contribution is 0.0962. The molecule has 1 heterocycles. The SMILES string of the molecule is Cc1ccc(-n2nc3c(c2C)C(C)CCC3=O)cc1. The Kier molecular flexibility index (Phi) is 2.77. The molecule has 0 aliphatic heterocycles. The van der Waals surface area contributed by atoms with Crippen molar-refractivity contribution in [3.05, 3.63) is 46.8 Å². The zero-order valence-corrected chi connectivity index (χ0v) is 11.6. The van der Waals surface area contributed by atoms with Crippen molar-refractivity contribution >= 4 is 5.78 Å². The zero-order chi connectivity index (χ0) is 13.6. The van der Waals surface area contributed by atoms with E-state index in [-0.39, 0.29) is 5.78 Å². The number of ketones is 1. The maximum absolute atomic E-state index is 12.0. The van der Waals surface area contributed by atoms with Gasteiger partial charge in [-0.1, -0.05) is 24.6 Å². The Bertz CT molecular complexity index is 638. The van der Waals surface area contributed by atoms with E-state index in [1.165, 1.54) is 5.56 Å². The zero-order valence-electron chi connectivity index (χ0n) is 11.6. The van der Waals surface area contributed by atoms with Crippen LogP contribution < -0.4 is 0 Å². The van der Waals surface area contributed by atoms with Crippen molar-refractivity contribution in [1.29, 1.82) is 0 Å². The number of rotatable bonds is 1. The van der Waals surface area contributed by atoms with Crippen molar-refractivity contribution < 1.29 is 4.79 Å². The van der Waals surface area contributed by atoms with E-state index in [2.05, 4.69) is 50.1 Å².